The molecule has 0 saturated heterocycles. The summed E-state index contributed by atoms with van der Waals surface area (Å²) < 4.78 is 0. The quantitative estimate of drug-likeness (QED) is 0.525. The summed E-state index contributed by atoms with van der Waals surface area (Å²) in [5.41, 5.74) is 1.48. The van der Waals surface area contributed by atoms with Gasteiger partial charge in [0, 0.05) is 13.5 Å². The third-order valence-electron chi connectivity index (χ3n) is 1.89. The maximum atomic E-state index is 10.6. The van der Waals surface area contributed by atoms with Crippen molar-refractivity contribution in [1.29, 1.82) is 0 Å². The fourth-order valence-corrected chi connectivity index (χ4v) is 1.06. The highest BCUT2D eigenvalue weighted by atomic mass is 16.3. The summed E-state index contributed by atoms with van der Waals surface area (Å²) in [6.07, 6.45) is 1.74. The van der Waals surface area contributed by atoms with Gasteiger partial charge in [-0.05, 0) is 24.5 Å². The van der Waals surface area contributed by atoms with Gasteiger partial charge in [-0.1, -0.05) is 19.9 Å². The number of amides is 1. The van der Waals surface area contributed by atoms with E-state index in [1.807, 2.05) is 6.92 Å². The molecule has 0 aromatic heterocycles. The summed E-state index contributed by atoms with van der Waals surface area (Å²) in [4.78, 5) is 10.6. The first kappa shape index (κ1) is 12.8. The smallest absolute Gasteiger partial charge is 0.217 e. The van der Waals surface area contributed by atoms with E-state index in [1.165, 1.54) is 6.92 Å². The number of carbonyl (C=O) groups excluding carboxylic acids is 1. The number of allylic oxidation sites excluding steroid dienone is 1. The number of hydrogen-bond donors (Lipinski definition) is 2. The third kappa shape index (κ3) is 4.70. The van der Waals surface area contributed by atoms with Gasteiger partial charge in [0.2, 0.25) is 5.91 Å². The van der Waals surface area contributed by atoms with Crippen molar-refractivity contribution in [3.05, 3.63) is 23.5 Å². The van der Waals surface area contributed by atoms with Gasteiger partial charge in [0.15, 0.2) is 0 Å². The highest BCUT2D eigenvalue weighted by Crippen LogP contribution is 2.14. The van der Waals surface area contributed by atoms with Crippen LogP contribution in [0.15, 0.2) is 23.5 Å². The second-order valence-electron chi connectivity index (χ2n) is 3.39. The molecule has 0 bridgehead atoms. The Bertz CT molecular complexity index is 254. The van der Waals surface area contributed by atoms with E-state index in [-0.39, 0.29) is 11.7 Å². The normalized spacial score (nSPS) is 11.9. The molecule has 0 saturated carbocycles. The van der Waals surface area contributed by atoms with Gasteiger partial charge >= 0.3 is 0 Å². The second-order valence-corrected chi connectivity index (χ2v) is 3.39. The van der Waals surface area contributed by atoms with Crippen LogP contribution in [0.2, 0.25) is 0 Å². The summed E-state index contributed by atoms with van der Waals surface area (Å²) in [5.74, 6) is 0.124. The Balaban J connectivity index is 4.27. The summed E-state index contributed by atoms with van der Waals surface area (Å²) >= 11 is 0. The van der Waals surface area contributed by atoms with Crippen LogP contribution in [0.4, 0.5) is 0 Å². The molecule has 0 spiro atoms. The largest absolute Gasteiger partial charge is 0.508 e. The minimum Gasteiger partial charge on any atom is -0.508 e. The molecule has 0 fully saturated rings. The minimum atomic E-state index is -0.0988. The van der Waals surface area contributed by atoms with E-state index in [2.05, 4.69) is 11.9 Å². The number of hydrogen-bond acceptors (Lipinski definition) is 2. The molecule has 3 heteroatoms. The van der Waals surface area contributed by atoms with Crippen molar-refractivity contribution in [2.24, 2.45) is 0 Å². The molecule has 3 nitrogen and oxygen atoms in total. The van der Waals surface area contributed by atoms with Crippen molar-refractivity contribution in [2.75, 3.05) is 6.54 Å². The maximum absolute atomic E-state index is 10.6. The van der Waals surface area contributed by atoms with Gasteiger partial charge in [0.25, 0.3) is 0 Å². The molecule has 0 rings (SSSR count). The van der Waals surface area contributed by atoms with E-state index in [4.69, 9.17) is 0 Å². The van der Waals surface area contributed by atoms with E-state index in [0.29, 0.717) is 6.54 Å². The summed E-state index contributed by atoms with van der Waals surface area (Å²) in [5, 5.41) is 12.3. The summed E-state index contributed by atoms with van der Waals surface area (Å²) in [7, 11) is 0. The average molecular weight is 197 g/mol. The lowest BCUT2D eigenvalue weighted by atomic mass is 10.1. The van der Waals surface area contributed by atoms with Crippen LogP contribution in [-0.2, 0) is 4.79 Å². The zero-order valence-electron chi connectivity index (χ0n) is 9.18. The monoisotopic (exact) mass is 197 g/mol. The van der Waals surface area contributed by atoms with Crippen LogP contribution in [0.1, 0.15) is 33.6 Å². The highest BCUT2D eigenvalue weighted by Gasteiger charge is 2.04. The lowest BCUT2D eigenvalue weighted by Crippen LogP contribution is -2.22. The minimum absolute atomic E-state index is 0.0988. The molecule has 0 radical (unpaired) electrons. The van der Waals surface area contributed by atoms with Crippen LogP contribution in [-0.4, -0.2) is 17.6 Å². The Labute approximate surface area is 85.5 Å². The molecule has 0 atom stereocenters. The zero-order valence-corrected chi connectivity index (χ0v) is 9.18. The molecule has 0 heterocycles. The first-order valence-corrected chi connectivity index (χ1v) is 4.80. The molecule has 0 unspecified atom stereocenters. The van der Waals surface area contributed by atoms with Gasteiger partial charge < -0.3 is 10.4 Å². The first-order chi connectivity index (χ1) is 6.49. The van der Waals surface area contributed by atoms with Crippen LogP contribution in [0.3, 0.4) is 0 Å². The van der Waals surface area contributed by atoms with Crippen molar-refractivity contribution in [3.63, 3.8) is 0 Å². The molecule has 14 heavy (non-hydrogen) atoms. The molecular weight excluding hydrogens is 178 g/mol. The van der Waals surface area contributed by atoms with Crippen molar-refractivity contribution in [2.45, 2.75) is 33.6 Å². The van der Waals surface area contributed by atoms with Crippen LogP contribution in [0.25, 0.3) is 0 Å². The molecular formula is C11H19NO2. The Morgan fingerprint density at radius 1 is 1.43 bits per heavy atom. The van der Waals surface area contributed by atoms with E-state index >= 15 is 0 Å². The lowest BCUT2D eigenvalue weighted by Gasteiger charge is -2.08. The number of carbonyl (C=O) groups is 1. The maximum Gasteiger partial charge on any atom is 0.217 e. The third-order valence-corrected chi connectivity index (χ3v) is 1.89. The van der Waals surface area contributed by atoms with Gasteiger partial charge in [-0.2, -0.15) is 0 Å². The summed E-state index contributed by atoms with van der Waals surface area (Å²) in [6.45, 7) is 9.41. The second kappa shape index (κ2) is 6.24. The van der Waals surface area contributed by atoms with Crippen LogP contribution >= 0.6 is 0 Å². The number of nitrogens with one attached hydrogen (secondary N) is 1. The fraction of sp³-hybridized carbons (Fsp3) is 0.545. The lowest BCUT2D eigenvalue weighted by molar-refractivity contribution is -0.118. The van der Waals surface area contributed by atoms with Gasteiger partial charge in [0.1, 0.15) is 5.76 Å². The van der Waals surface area contributed by atoms with Crippen molar-refractivity contribution in [3.8, 4) is 0 Å². The van der Waals surface area contributed by atoms with Crippen molar-refractivity contribution in [1.82, 2.24) is 5.32 Å². The standard InChI is InChI=1S/C11H19NO2/c1-5-6-8(2)11(14)9(3)7-12-10(4)13/h14H,2,5-7H2,1,3-4H3,(H,12,13)/b11-9-. The van der Waals surface area contributed by atoms with E-state index in [0.717, 1.165) is 24.0 Å². The number of aliphatic hydroxyl groups is 1. The number of aliphatic hydroxyl groups excluding tert-OH is 1. The topological polar surface area (TPSA) is 49.3 Å². The number of rotatable bonds is 5. The predicted molar refractivity (Wildman–Crippen MR) is 58.1 cm³/mol. The molecule has 80 valence electrons. The Morgan fingerprint density at radius 2 is 2.00 bits per heavy atom. The molecule has 0 aliphatic rings. The van der Waals surface area contributed by atoms with Crippen LogP contribution in [0, 0.1) is 0 Å². The Kier molecular flexibility index (Phi) is 5.68. The van der Waals surface area contributed by atoms with Crippen molar-refractivity contribution < 1.29 is 9.90 Å². The Hall–Kier alpha value is -1.25. The predicted octanol–water partition coefficient (Wildman–Crippen LogP) is 2.31. The van der Waals surface area contributed by atoms with E-state index in [1.54, 1.807) is 6.92 Å². The van der Waals surface area contributed by atoms with Crippen LogP contribution in [0.5, 0.6) is 0 Å². The molecule has 2 N–H and O–H groups in total. The molecule has 0 aromatic rings. The average Bonchev–Trinajstić information content (AvgIpc) is 2.13. The highest BCUT2D eigenvalue weighted by molar-refractivity contribution is 5.73. The van der Waals surface area contributed by atoms with Gasteiger partial charge in [-0.25, -0.2) is 0 Å². The van der Waals surface area contributed by atoms with E-state index < -0.39 is 0 Å². The van der Waals surface area contributed by atoms with Gasteiger partial charge in [0.05, 0.1) is 0 Å². The fourth-order valence-electron chi connectivity index (χ4n) is 1.06. The van der Waals surface area contributed by atoms with Crippen LogP contribution < -0.4 is 5.32 Å². The SMILES string of the molecule is C=C(CCC)/C(O)=C(\C)CNC(C)=O. The van der Waals surface area contributed by atoms with E-state index in [9.17, 15) is 9.90 Å². The molecule has 0 aromatic carbocycles. The molecule has 0 aliphatic carbocycles. The summed E-state index contributed by atoms with van der Waals surface area (Å²) in [6, 6.07) is 0. The van der Waals surface area contributed by atoms with Crippen molar-refractivity contribution >= 4 is 5.91 Å². The Morgan fingerprint density at radius 3 is 2.43 bits per heavy atom. The molecule has 1 amide bonds. The first-order valence-electron chi connectivity index (χ1n) is 4.80. The molecule has 0 aliphatic heterocycles. The zero-order chi connectivity index (χ0) is 11.1. The van der Waals surface area contributed by atoms with Gasteiger partial charge in [-0.15, -0.1) is 0 Å². The van der Waals surface area contributed by atoms with Gasteiger partial charge in [-0.3, -0.25) is 4.79 Å².